The van der Waals surface area contributed by atoms with Crippen LogP contribution in [0.4, 0.5) is 14.5 Å². The van der Waals surface area contributed by atoms with Gasteiger partial charge in [0, 0.05) is 34.9 Å². The van der Waals surface area contributed by atoms with E-state index in [2.05, 4.69) is 10.6 Å². The second-order valence-electron chi connectivity index (χ2n) is 9.34. The third-order valence-corrected chi connectivity index (χ3v) is 6.19. The number of ketones is 1. The fourth-order valence-electron chi connectivity index (χ4n) is 4.76. The van der Waals surface area contributed by atoms with Crippen molar-refractivity contribution in [2.45, 2.75) is 46.5 Å². The summed E-state index contributed by atoms with van der Waals surface area (Å²) in [5.74, 6) is -3.00. The summed E-state index contributed by atoms with van der Waals surface area (Å²) in [7, 11) is 0. The van der Waals surface area contributed by atoms with E-state index in [0.29, 0.717) is 24.1 Å². The number of Topliss-reactive ketones (excluding diaryl/α,β-unsaturated/α-hetero) is 1. The fourth-order valence-corrected chi connectivity index (χ4v) is 4.76. The summed E-state index contributed by atoms with van der Waals surface area (Å²) < 4.78 is 28.5. The van der Waals surface area contributed by atoms with Crippen molar-refractivity contribution < 1.29 is 18.4 Å². The highest BCUT2D eigenvalue weighted by molar-refractivity contribution is 6.10. The predicted molar refractivity (Wildman–Crippen MR) is 120 cm³/mol. The smallest absolute Gasteiger partial charge is 0.254 e. The Labute approximate surface area is 186 Å². The van der Waals surface area contributed by atoms with Crippen molar-refractivity contribution >= 4 is 17.4 Å². The van der Waals surface area contributed by atoms with Crippen molar-refractivity contribution in [3.05, 3.63) is 87.8 Å². The van der Waals surface area contributed by atoms with Crippen LogP contribution in [-0.2, 0) is 9.59 Å². The lowest BCUT2D eigenvalue weighted by molar-refractivity contribution is -0.118. The topological polar surface area (TPSA) is 58.2 Å². The Morgan fingerprint density at radius 3 is 2.34 bits per heavy atom. The summed E-state index contributed by atoms with van der Waals surface area (Å²) in [6.07, 6.45) is 1.04. The van der Waals surface area contributed by atoms with Crippen LogP contribution in [0.5, 0.6) is 0 Å². The molecule has 0 bridgehead atoms. The van der Waals surface area contributed by atoms with Crippen LogP contribution >= 0.6 is 0 Å². The number of carbonyl (C=O) groups excluding carboxylic acids is 2. The number of carbonyl (C=O) groups is 2. The highest BCUT2D eigenvalue weighted by atomic mass is 19.1. The van der Waals surface area contributed by atoms with Gasteiger partial charge in [0.2, 0.25) is 0 Å². The molecule has 2 aromatic rings. The van der Waals surface area contributed by atoms with Crippen molar-refractivity contribution in [1.82, 2.24) is 5.32 Å². The number of dihydropyridines is 1. The first-order valence-electron chi connectivity index (χ1n) is 10.6. The average Bonchev–Trinajstić information content (AvgIpc) is 2.69. The summed E-state index contributed by atoms with van der Waals surface area (Å²) in [6, 6.07) is 11.0. The van der Waals surface area contributed by atoms with Gasteiger partial charge >= 0.3 is 0 Å². The lowest BCUT2D eigenvalue weighted by Crippen LogP contribution is -2.39. The summed E-state index contributed by atoms with van der Waals surface area (Å²) in [4.78, 5) is 26.7. The summed E-state index contributed by atoms with van der Waals surface area (Å²) >= 11 is 0. The Kier molecular flexibility index (Phi) is 5.49. The molecule has 0 spiro atoms. The van der Waals surface area contributed by atoms with Gasteiger partial charge in [0.15, 0.2) is 5.78 Å². The summed E-state index contributed by atoms with van der Waals surface area (Å²) in [5.41, 5.74) is 3.28. The number of rotatable bonds is 3. The Hall–Kier alpha value is -3.28. The molecule has 0 fully saturated rings. The van der Waals surface area contributed by atoms with Crippen molar-refractivity contribution in [2.75, 3.05) is 5.32 Å². The lowest BCUT2D eigenvalue weighted by Gasteiger charge is -2.40. The molecule has 166 valence electrons. The van der Waals surface area contributed by atoms with Crippen LogP contribution in [0.3, 0.4) is 0 Å². The first kappa shape index (κ1) is 21.9. The van der Waals surface area contributed by atoms with Gasteiger partial charge < -0.3 is 10.6 Å². The van der Waals surface area contributed by atoms with E-state index in [0.717, 1.165) is 29.0 Å². The van der Waals surface area contributed by atoms with Gasteiger partial charge in [-0.1, -0.05) is 44.2 Å². The van der Waals surface area contributed by atoms with Gasteiger partial charge in [0.1, 0.15) is 17.3 Å². The number of halogens is 2. The van der Waals surface area contributed by atoms with Crippen molar-refractivity contribution in [2.24, 2.45) is 5.41 Å². The molecule has 0 saturated carbocycles. The van der Waals surface area contributed by atoms with E-state index in [1.807, 2.05) is 45.0 Å². The molecule has 0 aromatic heterocycles. The highest BCUT2D eigenvalue weighted by Gasteiger charge is 2.43. The monoisotopic (exact) mass is 436 g/mol. The van der Waals surface area contributed by atoms with E-state index in [4.69, 9.17) is 0 Å². The van der Waals surface area contributed by atoms with Crippen LogP contribution in [0.15, 0.2) is 65.0 Å². The molecule has 1 aliphatic heterocycles. The van der Waals surface area contributed by atoms with E-state index in [1.165, 1.54) is 6.07 Å². The van der Waals surface area contributed by atoms with Gasteiger partial charge in [-0.15, -0.1) is 0 Å². The molecule has 2 aliphatic rings. The normalized spacial score (nSPS) is 20.1. The number of amides is 1. The van der Waals surface area contributed by atoms with Crippen LogP contribution < -0.4 is 10.6 Å². The van der Waals surface area contributed by atoms with Crippen LogP contribution in [0.25, 0.3) is 0 Å². The second-order valence-corrected chi connectivity index (χ2v) is 9.34. The molecule has 4 nitrogen and oxygen atoms in total. The fraction of sp³-hybridized carbons (Fsp3) is 0.308. The second kappa shape index (κ2) is 8.01. The maximum atomic E-state index is 14.2. The Bertz CT molecular complexity index is 1170. The molecular formula is C26H26F2N2O2. The molecule has 1 atom stereocenters. The molecule has 2 aromatic carbocycles. The standard InChI is InChI=1S/C26H26F2N2O2/c1-14-8-5-6-9-16(14)22-21(25(32)30-24-17(27)10-7-11-18(24)28)15(2)29-19-12-26(3,4)13-20(31)23(19)22/h5-11,22,29H,12-13H2,1-4H3,(H,30,32). The van der Waals surface area contributed by atoms with Crippen LogP contribution in [-0.4, -0.2) is 11.7 Å². The molecule has 6 heteroatoms. The zero-order chi connectivity index (χ0) is 23.2. The number of anilines is 1. The maximum absolute atomic E-state index is 14.2. The van der Waals surface area contributed by atoms with Crippen molar-refractivity contribution in [3.63, 3.8) is 0 Å². The van der Waals surface area contributed by atoms with Gasteiger partial charge in [-0.25, -0.2) is 8.78 Å². The predicted octanol–water partition coefficient (Wildman–Crippen LogP) is 5.52. The summed E-state index contributed by atoms with van der Waals surface area (Å²) in [6.45, 7) is 7.77. The largest absolute Gasteiger partial charge is 0.362 e. The Morgan fingerprint density at radius 1 is 1.03 bits per heavy atom. The van der Waals surface area contributed by atoms with E-state index >= 15 is 0 Å². The first-order valence-corrected chi connectivity index (χ1v) is 10.6. The van der Waals surface area contributed by atoms with Crippen LogP contribution in [0.1, 0.15) is 50.7 Å². The third kappa shape index (κ3) is 3.85. The molecule has 1 amide bonds. The molecule has 1 heterocycles. The average molecular weight is 437 g/mol. The molecule has 32 heavy (non-hydrogen) atoms. The van der Waals surface area contributed by atoms with Gasteiger partial charge in [0.25, 0.3) is 5.91 Å². The molecule has 0 radical (unpaired) electrons. The van der Waals surface area contributed by atoms with E-state index in [9.17, 15) is 18.4 Å². The van der Waals surface area contributed by atoms with Gasteiger partial charge in [-0.05, 0) is 48.9 Å². The summed E-state index contributed by atoms with van der Waals surface area (Å²) in [5, 5.41) is 5.66. The number of nitrogens with one attached hydrogen (secondary N) is 2. The minimum atomic E-state index is -0.858. The highest BCUT2D eigenvalue weighted by Crippen LogP contribution is 2.47. The Balaban J connectivity index is 1.85. The molecular weight excluding hydrogens is 410 g/mol. The van der Waals surface area contributed by atoms with E-state index in [-0.39, 0.29) is 16.8 Å². The lowest BCUT2D eigenvalue weighted by atomic mass is 9.68. The van der Waals surface area contributed by atoms with Crippen LogP contribution in [0, 0.1) is 24.0 Å². The number of allylic oxidation sites excluding steroid dienone is 3. The quantitative estimate of drug-likeness (QED) is 0.667. The zero-order valence-electron chi connectivity index (χ0n) is 18.6. The van der Waals surface area contributed by atoms with Crippen LogP contribution in [0.2, 0.25) is 0 Å². The van der Waals surface area contributed by atoms with Gasteiger partial charge in [0.05, 0.1) is 0 Å². The minimum Gasteiger partial charge on any atom is -0.362 e. The van der Waals surface area contributed by atoms with Gasteiger partial charge in [-0.3, -0.25) is 9.59 Å². The molecule has 1 aliphatic carbocycles. The number of hydrogen-bond donors (Lipinski definition) is 2. The maximum Gasteiger partial charge on any atom is 0.254 e. The number of aryl methyl sites for hydroxylation is 1. The van der Waals surface area contributed by atoms with Gasteiger partial charge in [-0.2, -0.15) is 0 Å². The SMILES string of the molecule is CC1=C(C(=O)Nc2c(F)cccc2F)C(c2ccccc2C)C2=C(CC(C)(C)CC2=O)N1. The molecule has 0 saturated heterocycles. The Morgan fingerprint density at radius 2 is 1.69 bits per heavy atom. The zero-order valence-corrected chi connectivity index (χ0v) is 18.6. The van der Waals surface area contributed by atoms with E-state index in [1.54, 1.807) is 6.92 Å². The van der Waals surface area contributed by atoms with Crippen molar-refractivity contribution in [3.8, 4) is 0 Å². The minimum absolute atomic E-state index is 0.0214. The van der Waals surface area contributed by atoms with Crippen molar-refractivity contribution in [1.29, 1.82) is 0 Å². The number of benzene rings is 2. The third-order valence-electron chi connectivity index (χ3n) is 6.19. The number of hydrogen-bond acceptors (Lipinski definition) is 3. The number of para-hydroxylation sites is 1. The molecule has 2 N–H and O–H groups in total. The first-order chi connectivity index (χ1) is 15.1. The molecule has 1 unspecified atom stereocenters. The molecule has 4 rings (SSSR count). The van der Waals surface area contributed by atoms with E-state index < -0.39 is 29.1 Å².